The van der Waals surface area contributed by atoms with E-state index in [1.165, 1.54) is 6.42 Å². The van der Waals surface area contributed by atoms with Gasteiger partial charge in [-0.05, 0) is 31.9 Å². The Labute approximate surface area is 105 Å². The number of para-hydroxylation sites is 2. The van der Waals surface area contributed by atoms with Gasteiger partial charge >= 0.3 is 5.97 Å². The number of fused-ring (bicyclic) bond motifs is 1. The topological polar surface area (TPSA) is 55.1 Å². The Bertz CT molecular complexity index is 599. The van der Waals surface area contributed by atoms with E-state index < -0.39 is 12.0 Å². The molecule has 1 N–H and O–H groups in total. The van der Waals surface area contributed by atoms with Gasteiger partial charge in [-0.25, -0.2) is 9.78 Å². The molecule has 1 aromatic carbocycles. The molecule has 0 saturated heterocycles. The minimum absolute atomic E-state index is 0.430. The van der Waals surface area contributed by atoms with Crippen molar-refractivity contribution in [2.24, 2.45) is 0 Å². The second-order valence-electron chi connectivity index (χ2n) is 4.97. The molecule has 3 rings (SSSR count). The van der Waals surface area contributed by atoms with E-state index in [4.69, 9.17) is 0 Å². The summed E-state index contributed by atoms with van der Waals surface area (Å²) in [5.41, 5.74) is 1.82. The summed E-state index contributed by atoms with van der Waals surface area (Å²) in [6, 6.07) is 7.20. The van der Waals surface area contributed by atoms with Crippen LogP contribution >= 0.6 is 0 Å². The van der Waals surface area contributed by atoms with Crippen LogP contribution in [0.2, 0.25) is 0 Å². The van der Waals surface area contributed by atoms with Crippen molar-refractivity contribution in [3.8, 4) is 0 Å². The van der Waals surface area contributed by atoms with Crippen molar-refractivity contribution in [3.63, 3.8) is 0 Å². The van der Waals surface area contributed by atoms with Crippen molar-refractivity contribution in [2.75, 3.05) is 0 Å². The smallest absolute Gasteiger partial charge is 0.326 e. The first-order valence-electron chi connectivity index (χ1n) is 6.38. The van der Waals surface area contributed by atoms with Crippen molar-refractivity contribution >= 4 is 17.0 Å². The fraction of sp³-hybridized carbons (Fsp3) is 0.429. The van der Waals surface area contributed by atoms with Crippen LogP contribution in [0, 0.1) is 0 Å². The molecule has 0 spiro atoms. The average molecular weight is 244 g/mol. The molecule has 1 aliphatic carbocycles. The summed E-state index contributed by atoms with van der Waals surface area (Å²) in [6.07, 6.45) is 3.46. The number of rotatable bonds is 3. The lowest BCUT2D eigenvalue weighted by Gasteiger charge is -2.26. The first kappa shape index (κ1) is 11.3. The van der Waals surface area contributed by atoms with Crippen molar-refractivity contribution < 1.29 is 9.90 Å². The number of carboxylic acids is 1. The van der Waals surface area contributed by atoms with Crippen LogP contribution in [-0.2, 0) is 4.79 Å². The van der Waals surface area contributed by atoms with Crippen molar-refractivity contribution in [1.29, 1.82) is 0 Å². The zero-order valence-electron chi connectivity index (χ0n) is 10.3. The van der Waals surface area contributed by atoms with E-state index in [1.807, 2.05) is 28.8 Å². The van der Waals surface area contributed by atoms with Crippen LogP contribution in [0.1, 0.15) is 44.0 Å². The molecule has 4 heteroatoms. The number of imidazole rings is 1. The molecule has 0 amide bonds. The maximum atomic E-state index is 11.3. The largest absolute Gasteiger partial charge is 0.480 e. The van der Waals surface area contributed by atoms with Crippen molar-refractivity contribution in [2.45, 2.75) is 38.1 Å². The lowest BCUT2D eigenvalue weighted by Crippen LogP contribution is -2.22. The second-order valence-corrected chi connectivity index (χ2v) is 4.97. The maximum Gasteiger partial charge on any atom is 0.326 e. The molecule has 1 aliphatic rings. The molecule has 0 aliphatic heterocycles. The third-order valence-corrected chi connectivity index (χ3v) is 3.84. The molecule has 0 bridgehead atoms. The molecular weight excluding hydrogens is 228 g/mol. The Kier molecular flexibility index (Phi) is 2.58. The number of carbonyl (C=O) groups is 1. The molecule has 94 valence electrons. The highest BCUT2D eigenvalue weighted by molar-refractivity contribution is 5.80. The van der Waals surface area contributed by atoms with Crippen LogP contribution in [-0.4, -0.2) is 20.6 Å². The predicted molar refractivity (Wildman–Crippen MR) is 68.7 cm³/mol. The maximum absolute atomic E-state index is 11.3. The van der Waals surface area contributed by atoms with Crippen LogP contribution in [0.25, 0.3) is 11.0 Å². The monoisotopic (exact) mass is 244 g/mol. The van der Waals surface area contributed by atoms with Gasteiger partial charge in [0.2, 0.25) is 0 Å². The minimum atomic E-state index is -0.807. The first-order chi connectivity index (χ1) is 8.68. The molecular formula is C14H16N2O2. The third-order valence-electron chi connectivity index (χ3n) is 3.84. The van der Waals surface area contributed by atoms with E-state index in [2.05, 4.69) is 4.98 Å². The van der Waals surface area contributed by atoms with Gasteiger partial charge in [-0.3, -0.25) is 0 Å². The zero-order chi connectivity index (χ0) is 12.7. The second kappa shape index (κ2) is 4.12. The van der Waals surface area contributed by atoms with Crippen LogP contribution in [0.15, 0.2) is 24.3 Å². The van der Waals surface area contributed by atoms with E-state index in [0.29, 0.717) is 5.92 Å². The van der Waals surface area contributed by atoms with Gasteiger partial charge in [-0.1, -0.05) is 18.6 Å². The molecule has 1 unspecified atom stereocenters. The van der Waals surface area contributed by atoms with Crippen LogP contribution in [0.4, 0.5) is 0 Å². The highest BCUT2D eigenvalue weighted by atomic mass is 16.4. The average Bonchev–Trinajstić information content (AvgIpc) is 2.64. The van der Waals surface area contributed by atoms with Gasteiger partial charge in [-0.15, -0.1) is 0 Å². The first-order valence-corrected chi connectivity index (χ1v) is 6.38. The van der Waals surface area contributed by atoms with Gasteiger partial charge in [0.15, 0.2) is 0 Å². The number of carboxylic acid groups (broad SMARTS) is 1. The van der Waals surface area contributed by atoms with Crippen molar-refractivity contribution in [3.05, 3.63) is 30.1 Å². The summed E-state index contributed by atoms with van der Waals surface area (Å²) in [5, 5.41) is 9.26. The van der Waals surface area contributed by atoms with E-state index >= 15 is 0 Å². The zero-order valence-corrected chi connectivity index (χ0v) is 10.3. The summed E-state index contributed by atoms with van der Waals surface area (Å²) >= 11 is 0. The number of aromatic nitrogens is 2. The Morgan fingerprint density at radius 2 is 2.17 bits per heavy atom. The minimum Gasteiger partial charge on any atom is -0.480 e. The lowest BCUT2D eigenvalue weighted by molar-refractivity contribution is -0.140. The lowest BCUT2D eigenvalue weighted by atomic mass is 9.84. The van der Waals surface area contributed by atoms with E-state index in [-0.39, 0.29) is 0 Å². The highest BCUT2D eigenvalue weighted by Crippen LogP contribution is 2.38. The van der Waals surface area contributed by atoms with Gasteiger partial charge in [0, 0.05) is 5.92 Å². The fourth-order valence-electron chi connectivity index (χ4n) is 2.54. The molecule has 1 aromatic heterocycles. The number of hydrogen-bond donors (Lipinski definition) is 1. The normalized spacial score (nSPS) is 17.6. The van der Waals surface area contributed by atoms with Gasteiger partial charge in [0.25, 0.3) is 0 Å². The van der Waals surface area contributed by atoms with Crippen LogP contribution < -0.4 is 0 Å². The quantitative estimate of drug-likeness (QED) is 0.903. The molecule has 1 fully saturated rings. The van der Waals surface area contributed by atoms with Gasteiger partial charge in [0.1, 0.15) is 11.9 Å². The Morgan fingerprint density at radius 3 is 2.78 bits per heavy atom. The summed E-state index contributed by atoms with van der Waals surface area (Å²) in [4.78, 5) is 15.9. The van der Waals surface area contributed by atoms with Gasteiger partial charge in [-0.2, -0.15) is 0 Å². The van der Waals surface area contributed by atoms with Crippen LogP contribution in [0.3, 0.4) is 0 Å². The van der Waals surface area contributed by atoms with Crippen LogP contribution in [0.5, 0.6) is 0 Å². The molecule has 1 atom stereocenters. The molecule has 4 nitrogen and oxygen atoms in total. The summed E-state index contributed by atoms with van der Waals surface area (Å²) in [5.74, 6) is 0.565. The van der Waals surface area contributed by atoms with Gasteiger partial charge in [0.05, 0.1) is 11.0 Å². The van der Waals surface area contributed by atoms with Crippen molar-refractivity contribution in [1.82, 2.24) is 9.55 Å². The number of aliphatic carboxylic acids is 1. The SMILES string of the molecule is CC(C(=O)O)n1c(C2CCC2)nc2ccccc21. The van der Waals surface area contributed by atoms with E-state index in [1.54, 1.807) is 6.92 Å². The summed E-state index contributed by atoms with van der Waals surface area (Å²) in [6.45, 7) is 1.72. The summed E-state index contributed by atoms with van der Waals surface area (Å²) < 4.78 is 1.89. The number of nitrogens with zero attached hydrogens (tertiary/aromatic N) is 2. The van der Waals surface area contributed by atoms with Gasteiger partial charge < -0.3 is 9.67 Å². The molecule has 0 radical (unpaired) electrons. The summed E-state index contributed by atoms with van der Waals surface area (Å²) in [7, 11) is 0. The molecule has 18 heavy (non-hydrogen) atoms. The Hall–Kier alpha value is -1.84. The molecule has 2 aromatic rings. The fourth-order valence-corrected chi connectivity index (χ4v) is 2.54. The Balaban J connectivity index is 2.20. The Morgan fingerprint density at radius 1 is 1.44 bits per heavy atom. The standard InChI is InChI=1S/C14H16N2O2/c1-9(14(17)18)16-12-8-3-2-7-11(12)15-13(16)10-5-4-6-10/h2-3,7-10H,4-6H2,1H3,(H,17,18). The molecule has 1 heterocycles. The molecule has 1 saturated carbocycles. The number of benzene rings is 1. The number of hydrogen-bond acceptors (Lipinski definition) is 2. The highest BCUT2D eigenvalue weighted by Gasteiger charge is 2.29. The van der Waals surface area contributed by atoms with E-state index in [9.17, 15) is 9.90 Å². The van der Waals surface area contributed by atoms with E-state index in [0.717, 1.165) is 29.7 Å². The predicted octanol–water partition coefficient (Wildman–Crippen LogP) is 2.95. The third kappa shape index (κ3) is 1.60.